The van der Waals surface area contributed by atoms with Gasteiger partial charge in [-0.05, 0) is 56.3 Å². The molecule has 0 radical (unpaired) electrons. The van der Waals surface area contributed by atoms with E-state index < -0.39 is 0 Å². The Balaban J connectivity index is 1.79. The first-order valence-corrected chi connectivity index (χ1v) is 10.1. The maximum Gasteiger partial charge on any atom is 0.126 e. The summed E-state index contributed by atoms with van der Waals surface area (Å²) in [5.41, 5.74) is 16.7. The number of aromatic nitrogens is 2. The minimum absolute atomic E-state index is 0.0661. The van der Waals surface area contributed by atoms with Crippen LogP contribution in [0.1, 0.15) is 49.7 Å². The van der Waals surface area contributed by atoms with Gasteiger partial charge in [0, 0.05) is 31.4 Å². The van der Waals surface area contributed by atoms with Crippen LogP contribution >= 0.6 is 0 Å². The number of nitrogens with zero attached hydrogens (tertiary/aromatic N) is 3. The van der Waals surface area contributed by atoms with Crippen molar-refractivity contribution in [2.75, 3.05) is 25.5 Å². The fraction of sp³-hybridized carbons (Fsp3) is 0.545. The first-order valence-electron chi connectivity index (χ1n) is 10.1. The van der Waals surface area contributed by atoms with E-state index in [9.17, 15) is 0 Å². The summed E-state index contributed by atoms with van der Waals surface area (Å²) in [6, 6.07) is 10.4. The summed E-state index contributed by atoms with van der Waals surface area (Å²) >= 11 is 0. The third kappa shape index (κ3) is 4.85. The Morgan fingerprint density at radius 3 is 2.37 bits per heavy atom. The third-order valence-electron chi connectivity index (χ3n) is 5.84. The van der Waals surface area contributed by atoms with Crippen molar-refractivity contribution >= 4 is 5.69 Å². The standard InChI is InChI=1S/C22H33N5/c1-15-25-21(16-8-10-19(11-9-16)27(2)3)13-22(26-15)20(24)12-17-6-4-5-7-18(17)14-23/h8-11,13,17-18,20H,4-7,12,14,23-24H2,1-3H3/t17-,18+,20+/m0/s1. The monoisotopic (exact) mass is 367 g/mol. The number of rotatable bonds is 6. The lowest BCUT2D eigenvalue weighted by Crippen LogP contribution is -2.30. The highest BCUT2D eigenvalue weighted by Gasteiger charge is 2.26. The highest BCUT2D eigenvalue weighted by Crippen LogP contribution is 2.35. The van der Waals surface area contributed by atoms with Gasteiger partial charge in [0.1, 0.15) is 5.82 Å². The molecule has 0 saturated heterocycles. The molecule has 0 bridgehead atoms. The normalized spacial score (nSPS) is 21.1. The maximum absolute atomic E-state index is 6.58. The molecule has 0 aliphatic heterocycles. The fourth-order valence-corrected chi connectivity index (χ4v) is 4.21. The van der Waals surface area contributed by atoms with Crippen molar-refractivity contribution in [3.8, 4) is 11.3 Å². The Hall–Kier alpha value is -1.98. The molecule has 5 nitrogen and oxygen atoms in total. The molecule has 1 heterocycles. The maximum atomic E-state index is 6.58. The van der Waals surface area contributed by atoms with Crippen LogP contribution in [0.25, 0.3) is 11.3 Å². The number of benzene rings is 1. The molecule has 146 valence electrons. The van der Waals surface area contributed by atoms with Crippen LogP contribution < -0.4 is 16.4 Å². The van der Waals surface area contributed by atoms with Gasteiger partial charge in [0.25, 0.3) is 0 Å². The van der Waals surface area contributed by atoms with Gasteiger partial charge < -0.3 is 16.4 Å². The van der Waals surface area contributed by atoms with Crippen molar-refractivity contribution in [1.82, 2.24) is 9.97 Å². The Morgan fingerprint density at radius 1 is 1.07 bits per heavy atom. The van der Waals surface area contributed by atoms with Crippen molar-refractivity contribution in [3.05, 3.63) is 41.9 Å². The Morgan fingerprint density at radius 2 is 1.74 bits per heavy atom. The lowest BCUT2D eigenvalue weighted by atomic mass is 9.76. The third-order valence-corrected chi connectivity index (χ3v) is 5.84. The number of anilines is 1. The topological polar surface area (TPSA) is 81.1 Å². The number of nitrogens with two attached hydrogens (primary N) is 2. The molecule has 1 aliphatic rings. The van der Waals surface area contributed by atoms with E-state index in [1.54, 1.807) is 0 Å². The number of aryl methyl sites for hydroxylation is 1. The van der Waals surface area contributed by atoms with Crippen molar-refractivity contribution in [1.29, 1.82) is 0 Å². The van der Waals surface area contributed by atoms with Gasteiger partial charge in [0.2, 0.25) is 0 Å². The van der Waals surface area contributed by atoms with Crippen LogP contribution in [-0.2, 0) is 0 Å². The average molecular weight is 368 g/mol. The van der Waals surface area contributed by atoms with Crippen molar-refractivity contribution < 1.29 is 0 Å². The van der Waals surface area contributed by atoms with Crippen molar-refractivity contribution in [2.45, 2.75) is 45.1 Å². The highest BCUT2D eigenvalue weighted by atomic mass is 15.1. The Labute approximate surface area is 163 Å². The molecule has 1 aromatic carbocycles. The van der Waals surface area contributed by atoms with Crippen LogP contribution in [0.2, 0.25) is 0 Å². The van der Waals surface area contributed by atoms with Crippen LogP contribution in [-0.4, -0.2) is 30.6 Å². The summed E-state index contributed by atoms with van der Waals surface area (Å²) in [5.74, 6) is 1.98. The van der Waals surface area contributed by atoms with Gasteiger partial charge in [-0.2, -0.15) is 0 Å². The summed E-state index contributed by atoms with van der Waals surface area (Å²) in [4.78, 5) is 11.4. The SMILES string of the molecule is Cc1nc(-c2ccc(N(C)C)cc2)cc([C@H](N)C[C@@H]2CCCC[C@@H]2CN)n1. The Kier molecular flexibility index (Phi) is 6.45. The molecular weight excluding hydrogens is 334 g/mol. The van der Waals surface area contributed by atoms with E-state index in [0.717, 1.165) is 35.7 Å². The zero-order valence-corrected chi connectivity index (χ0v) is 16.9. The average Bonchev–Trinajstić information content (AvgIpc) is 2.68. The molecule has 4 N–H and O–H groups in total. The molecule has 3 rings (SSSR count). The van der Waals surface area contributed by atoms with Crippen LogP contribution in [0.4, 0.5) is 5.69 Å². The van der Waals surface area contributed by atoms with E-state index in [1.165, 1.54) is 31.4 Å². The number of hydrogen-bond acceptors (Lipinski definition) is 5. The van der Waals surface area contributed by atoms with Gasteiger partial charge in [0.15, 0.2) is 0 Å². The molecule has 1 fully saturated rings. The predicted molar refractivity (Wildman–Crippen MR) is 113 cm³/mol. The minimum atomic E-state index is -0.0661. The molecular formula is C22H33N5. The smallest absolute Gasteiger partial charge is 0.126 e. The van der Waals surface area contributed by atoms with E-state index in [4.69, 9.17) is 11.5 Å². The second kappa shape index (κ2) is 8.81. The molecule has 0 amide bonds. The van der Waals surface area contributed by atoms with Gasteiger partial charge >= 0.3 is 0 Å². The van der Waals surface area contributed by atoms with Gasteiger partial charge in [-0.15, -0.1) is 0 Å². The molecule has 2 aromatic rings. The molecule has 1 aromatic heterocycles. The largest absolute Gasteiger partial charge is 0.378 e. The van der Waals surface area contributed by atoms with E-state index in [2.05, 4.69) is 45.2 Å². The lowest BCUT2D eigenvalue weighted by Gasteiger charge is -2.32. The summed E-state index contributed by atoms with van der Waals surface area (Å²) in [5, 5.41) is 0. The van der Waals surface area contributed by atoms with Crippen molar-refractivity contribution in [3.63, 3.8) is 0 Å². The predicted octanol–water partition coefficient (Wildman–Crippen LogP) is 3.67. The zero-order valence-electron chi connectivity index (χ0n) is 16.9. The minimum Gasteiger partial charge on any atom is -0.378 e. The molecule has 0 spiro atoms. The van der Waals surface area contributed by atoms with Gasteiger partial charge in [-0.25, -0.2) is 9.97 Å². The quantitative estimate of drug-likeness (QED) is 0.814. The van der Waals surface area contributed by atoms with Gasteiger partial charge in [-0.3, -0.25) is 0 Å². The number of hydrogen-bond donors (Lipinski definition) is 2. The molecule has 1 aliphatic carbocycles. The molecule has 5 heteroatoms. The van der Waals surface area contributed by atoms with Crippen LogP contribution in [0, 0.1) is 18.8 Å². The lowest BCUT2D eigenvalue weighted by molar-refractivity contribution is 0.217. The molecule has 3 atom stereocenters. The highest BCUT2D eigenvalue weighted by molar-refractivity contribution is 5.63. The summed E-state index contributed by atoms with van der Waals surface area (Å²) in [6.07, 6.45) is 6.02. The van der Waals surface area contributed by atoms with E-state index >= 15 is 0 Å². The molecule has 1 saturated carbocycles. The molecule has 27 heavy (non-hydrogen) atoms. The van der Waals surface area contributed by atoms with Crippen LogP contribution in [0.5, 0.6) is 0 Å². The van der Waals surface area contributed by atoms with Crippen LogP contribution in [0.3, 0.4) is 0 Å². The van der Waals surface area contributed by atoms with Gasteiger partial charge in [0.05, 0.1) is 11.4 Å². The Bertz CT molecular complexity index is 741. The fourth-order valence-electron chi connectivity index (χ4n) is 4.21. The van der Waals surface area contributed by atoms with E-state index in [-0.39, 0.29) is 6.04 Å². The van der Waals surface area contributed by atoms with E-state index in [0.29, 0.717) is 11.8 Å². The molecule has 0 unspecified atom stereocenters. The van der Waals surface area contributed by atoms with Crippen LogP contribution in [0.15, 0.2) is 30.3 Å². The van der Waals surface area contributed by atoms with Gasteiger partial charge in [-0.1, -0.05) is 31.4 Å². The summed E-state index contributed by atoms with van der Waals surface area (Å²) in [6.45, 7) is 2.71. The zero-order chi connectivity index (χ0) is 19.4. The first kappa shape index (κ1) is 19.8. The summed E-state index contributed by atoms with van der Waals surface area (Å²) < 4.78 is 0. The van der Waals surface area contributed by atoms with Crippen molar-refractivity contribution in [2.24, 2.45) is 23.3 Å². The summed E-state index contributed by atoms with van der Waals surface area (Å²) in [7, 11) is 4.08. The second-order valence-electron chi connectivity index (χ2n) is 8.05. The van der Waals surface area contributed by atoms with E-state index in [1.807, 2.05) is 21.0 Å². The first-order chi connectivity index (χ1) is 13.0. The second-order valence-corrected chi connectivity index (χ2v) is 8.05.